The predicted octanol–water partition coefficient (Wildman–Crippen LogP) is 23.6. The number of hydrogen-bond donors (Lipinski definition) is 1. The van der Waals surface area contributed by atoms with Crippen LogP contribution in [0.1, 0.15) is 219 Å². The second kappa shape index (κ2) is 72.7. The van der Waals surface area contributed by atoms with Crippen LogP contribution >= 0.6 is 0 Å². The van der Waals surface area contributed by atoms with Crippen LogP contribution in [-0.4, -0.2) is 36.4 Å². The van der Waals surface area contributed by atoms with Crippen molar-refractivity contribution in [1.29, 1.82) is 0 Å². The number of carbonyl (C=O) groups is 2. The molecule has 0 aromatic carbocycles. The molecule has 86 heavy (non-hydrogen) atoms. The minimum absolute atomic E-state index is 0.112. The molecule has 0 spiro atoms. The Morgan fingerprint density at radius 2 is 0.465 bits per heavy atom. The van der Waals surface area contributed by atoms with Crippen molar-refractivity contribution in [3.05, 3.63) is 255 Å². The Hall–Kier alpha value is -6.56. The predicted molar refractivity (Wildman–Crippen MR) is 379 cm³/mol. The van der Waals surface area contributed by atoms with Gasteiger partial charge in [0, 0.05) is 12.8 Å². The number of allylic oxidation sites excluding steroid dienone is 42. The van der Waals surface area contributed by atoms with E-state index in [-0.39, 0.29) is 25.2 Å². The Morgan fingerprint density at radius 1 is 0.267 bits per heavy atom. The molecule has 0 radical (unpaired) electrons. The number of aliphatic hydroxyl groups excluding tert-OH is 1. The van der Waals surface area contributed by atoms with E-state index in [1.807, 2.05) is 0 Å². The Balaban J connectivity index is 3.75. The van der Waals surface area contributed by atoms with E-state index in [1.54, 1.807) is 0 Å². The van der Waals surface area contributed by atoms with Crippen molar-refractivity contribution in [1.82, 2.24) is 0 Å². The van der Waals surface area contributed by atoms with Gasteiger partial charge in [-0.2, -0.15) is 0 Å². The number of unbranched alkanes of at least 4 members (excludes halogenated alkanes) is 7. The molecule has 0 saturated carbocycles. The molecule has 0 aliphatic heterocycles. The average molecular weight is 1170 g/mol. The molecule has 5 nitrogen and oxygen atoms in total. The van der Waals surface area contributed by atoms with E-state index >= 15 is 0 Å². The van der Waals surface area contributed by atoms with E-state index in [0.29, 0.717) is 12.8 Å². The Morgan fingerprint density at radius 3 is 0.698 bits per heavy atom. The normalized spacial score (nSPS) is 13.9. The molecule has 472 valence electrons. The van der Waals surface area contributed by atoms with Gasteiger partial charge in [0.2, 0.25) is 0 Å². The van der Waals surface area contributed by atoms with Gasteiger partial charge < -0.3 is 14.6 Å². The topological polar surface area (TPSA) is 72.8 Å². The Bertz CT molecular complexity index is 2210. The lowest BCUT2D eigenvalue weighted by atomic mass is 10.1. The van der Waals surface area contributed by atoms with Crippen LogP contribution in [0.25, 0.3) is 0 Å². The summed E-state index contributed by atoms with van der Waals surface area (Å²) in [5, 5.41) is 9.68. The summed E-state index contributed by atoms with van der Waals surface area (Å²) in [7, 11) is 0. The average Bonchev–Trinajstić information content (AvgIpc) is 3.53. The van der Waals surface area contributed by atoms with Gasteiger partial charge in [-0.1, -0.05) is 288 Å². The van der Waals surface area contributed by atoms with Gasteiger partial charge in [-0.05, 0) is 173 Å². The third kappa shape index (κ3) is 69.9. The van der Waals surface area contributed by atoms with Crippen LogP contribution in [-0.2, 0) is 19.1 Å². The molecule has 0 rings (SSSR count). The second-order valence-electron chi connectivity index (χ2n) is 20.7. The number of carbonyl (C=O) groups excluding carboxylic acids is 2. The summed E-state index contributed by atoms with van der Waals surface area (Å²) in [6.07, 6.45) is 123. The van der Waals surface area contributed by atoms with Gasteiger partial charge >= 0.3 is 11.9 Å². The first-order valence-corrected chi connectivity index (χ1v) is 33.2. The Labute approximate surface area is 527 Å². The maximum absolute atomic E-state index is 12.3. The minimum Gasteiger partial charge on any atom is -0.462 e. The summed E-state index contributed by atoms with van der Waals surface area (Å²) in [5.74, 6) is -0.682. The first-order valence-electron chi connectivity index (χ1n) is 33.2. The standard InChI is InChI=1S/C81H118O5/c1-3-5-7-9-11-13-15-17-19-21-23-25-27-29-31-33-35-37-39-40-42-44-46-48-50-52-54-56-58-60-62-64-66-68-70-72-74-76-81(84)86-79(77-82)78-85-80(83)75-73-71-69-67-65-63-61-59-57-55-53-51-49-47-45-43-41-38-36-34-32-30-28-26-24-22-20-18-16-14-12-10-8-6-4-2/h5-8,11-14,17-20,23-26,29-32,35-38,40,42-43,45-46,48-49,51-52,54-55,57-58,60-61,63-64,66,79,82H,3-4,9-10,15-16,21-22,27-28,33-34,39,41,44,47,50,53,56,59,62,65,67-78H2,1-2H3/b7-5-,8-6-,13-11-,14-12-,19-17-,20-18-,25-23-,26-24-,31-29-,32-30-,37-35-,38-36-,42-40-,45-43-,48-46-,51-49-,54-52-,57-55-,60-58-,63-61-,66-64-. The van der Waals surface area contributed by atoms with Gasteiger partial charge in [0.05, 0.1) is 6.61 Å². The highest BCUT2D eigenvalue weighted by Crippen LogP contribution is 2.10. The minimum atomic E-state index is -0.825. The Kier molecular flexibility index (Phi) is 67.2. The van der Waals surface area contributed by atoms with E-state index in [0.717, 1.165) is 193 Å². The SMILES string of the molecule is CC/C=C\C/C=C\C/C=C\C/C=C\C/C=C\C/C=C\C/C=C\C/C=C\C/C=C\C/C=C\C/C=C\CCCCCC(=O)OC(CO)COC(=O)CCCCCC/C=C\C/C=C\C/C=C\C/C=C\C/C=C\C/C=C\C/C=C\C/C=C\C/C=C\C/C=C\CC. The molecule has 1 atom stereocenters. The fourth-order valence-electron chi connectivity index (χ4n) is 7.94. The van der Waals surface area contributed by atoms with Gasteiger partial charge in [-0.25, -0.2) is 0 Å². The quantitative estimate of drug-likeness (QED) is 0.0373. The summed E-state index contributed by atoms with van der Waals surface area (Å²) in [4.78, 5) is 24.6. The summed E-state index contributed by atoms with van der Waals surface area (Å²) in [6, 6.07) is 0. The summed E-state index contributed by atoms with van der Waals surface area (Å²) < 4.78 is 10.7. The van der Waals surface area contributed by atoms with E-state index in [4.69, 9.17) is 9.47 Å². The zero-order valence-electron chi connectivity index (χ0n) is 53.9. The van der Waals surface area contributed by atoms with Crippen LogP contribution in [0.2, 0.25) is 0 Å². The van der Waals surface area contributed by atoms with E-state index in [2.05, 4.69) is 269 Å². The monoisotopic (exact) mass is 1170 g/mol. The third-order valence-electron chi connectivity index (χ3n) is 12.8. The zero-order valence-corrected chi connectivity index (χ0v) is 53.9. The van der Waals surface area contributed by atoms with Crippen molar-refractivity contribution in [3.8, 4) is 0 Å². The molecule has 1 N–H and O–H groups in total. The van der Waals surface area contributed by atoms with Crippen LogP contribution in [0, 0.1) is 0 Å². The molecule has 5 heteroatoms. The van der Waals surface area contributed by atoms with Gasteiger partial charge in [0.15, 0.2) is 6.10 Å². The molecule has 0 aromatic rings. The lowest BCUT2D eigenvalue weighted by molar-refractivity contribution is -0.161. The van der Waals surface area contributed by atoms with Crippen molar-refractivity contribution in [2.75, 3.05) is 13.2 Å². The number of rotatable bonds is 57. The van der Waals surface area contributed by atoms with Gasteiger partial charge in [-0.3, -0.25) is 9.59 Å². The molecule has 0 heterocycles. The van der Waals surface area contributed by atoms with E-state index in [1.165, 1.54) is 0 Å². The summed E-state index contributed by atoms with van der Waals surface area (Å²) in [6.45, 7) is 3.84. The smallest absolute Gasteiger partial charge is 0.306 e. The fraction of sp³-hybridized carbons (Fsp3) is 0.457. The van der Waals surface area contributed by atoms with Crippen LogP contribution in [0.4, 0.5) is 0 Å². The zero-order chi connectivity index (χ0) is 61.9. The molecule has 1 unspecified atom stereocenters. The highest BCUT2D eigenvalue weighted by Gasteiger charge is 2.16. The number of aliphatic hydroxyl groups is 1. The third-order valence-corrected chi connectivity index (χ3v) is 12.8. The van der Waals surface area contributed by atoms with Crippen molar-refractivity contribution in [2.24, 2.45) is 0 Å². The van der Waals surface area contributed by atoms with Crippen LogP contribution < -0.4 is 0 Å². The molecular weight excluding hydrogens is 1050 g/mol. The number of esters is 2. The van der Waals surface area contributed by atoms with Crippen molar-refractivity contribution >= 4 is 11.9 Å². The molecule has 0 aromatic heterocycles. The molecule has 0 fully saturated rings. The van der Waals surface area contributed by atoms with Gasteiger partial charge in [0.25, 0.3) is 0 Å². The lowest BCUT2D eigenvalue weighted by Crippen LogP contribution is -2.28. The molecular formula is C81H118O5. The maximum Gasteiger partial charge on any atom is 0.306 e. The number of ether oxygens (including phenoxy) is 2. The second-order valence-corrected chi connectivity index (χ2v) is 20.7. The van der Waals surface area contributed by atoms with Crippen molar-refractivity contribution < 1.29 is 24.2 Å². The summed E-state index contributed by atoms with van der Waals surface area (Å²) >= 11 is 0. The highest BCUT2D eigenvalue weighted by atomic mass is 16.6. The van der Waals surface area contributed by atoms with E-state index < -0.39 is 6.10 Å². The molecule has 0 bridgehead atoms. The van der Waals surface area contributed by atoms with Crippen LogP contribution in [0.3, 0.4) is 0 Å². The van der Waals surface area contributed by atoms with Gasteiger partial charge in [-0.15, -0.1) is 0 Å². The van der Waals surface area contributed by atoms with Gasteiger partial charge in [0.1, 0.15) is 6.61 Å². The molecule has 0 saturated heterocycles. The van der Waals surface area contributed by atoms with E-state index in [9.17, 15) is 14.7 Å². The molecule has 0 aliphatic carbocycles. The van der Waals surface area contributed by atoms with Crippen LogP contribution in [0.5, 0.6) is 0 Å². The van der Waals surface area contributed by atoms with Crippen molar-refractivity contribution in [3.63, 3.8) is 0 Å². The first kappa shape index (κ1) is 79.4. The lowest BCUT2D eigenvalue weighted by Gasteiger charge is -2.15. The van der Waals surface area contributed by atoms with Crippen LogP contribution in [0.15, 0.2) is 255 Å². The molecule has 0 amide bonds. The first-order chi connectivity index (χ1) is 42.6. The maximum atomic E-state index is 12.3. The summed E-state index contributed by atoms with van der Waals surface area (Å²) in [5.41, 5.74) is 0. The largest absolute Gasteiger partial charge is 0.462 e. The fourth-order valence-corrected chi connectivity index (χ4v) is 7.94. The molecule has 0 aliphatic rings. The highest BCUT2D eigenvalue weighted by molar-refractivity contribution is 5.70. The van der Waals surface area contributed by atoms with Crippen molar-refractivity contribution in [2.45, 2.75) is 225 Å². The number of hydrogen-bond acceptors (Lipinski definition) is 5.